The second-order valence-electron chi connectivity index (χ2n) is 7.50. The number of carbonyl (C=O) groups excluding carboxylic acids is 1. The molecule has 0 bridgehead atoms. The van der Waals surface area contributed by atoms with Gasteiger partial charge in [0.15, 0.2) is 5.78 Å². The summed E-state index contributed by atoms with van der Waals surface area (Å²) in [4.78, 5) is 11.4. The predicted molar refractivity (Wildman–Crippen MR) is 108 cm³/mol. The van der Waals surface area contributed by atoms with E-state index in [1.165, 1.54) is 6.08 Å². The number of unbranched alkanes of at least 4 members (excludes halogenated alkanes) is 1. The quantitative estimate of drug-likeness (QED) is 0.243. The van der Waals surface area contributed by atoms with Crippen molar-refractivity contribution in [3.05, 3.63) is 66.3 Å². The molecule has 1 rings (SSSR count). The van der Waals surface area contributed by atoms with Crippen molar-refractivity contribution in [2.45, 2.75) is 58.7 Å². The molecule has 0 saturated carbocycles. The first-order valence-electron chi connectivity index (χ1n) is 8.77. The van der Waals surface area contributed by atoms with Gasteiger partial charge in [0, 0.05) is 11.6 Å². The average molecular weight is 355 g/mol. The Morgan fingerprint density at radius 1 is 1.20 bits per heavy atom. The molecule has 0 atom stereocenters. The molecule has 0 aliphatic heterocycles. The van der Waals surface area contributed by atoms with Crippen LogP contribution in [0.15, 0.2) is 48.6 Å². The maximum absolute atomic E-state index is 11.4. The van der Waals surface area contributed by atoms with Gasteiger partial charge in [-0.2, -0.15) is 0 Å². The van der Waals surface area contributed by atoms with E-state index in [1.807, 2.05) is 25.1 Å². The van der Waals surface area contributed by atoms with Gasteiger partial charge in [-0.3, -0.25) is 4.79 Å². The SMILES string of the molecule is C/C=C/C(=O)[C]=[C]CC/C=C(\O[Si](C)(C)C(C)(C)C)c1ccccc1. The third-order valence-corrected chi connectivity index (χ3v) is 8.70. The first-order valence-corrected chi connectivity index (χ1v) is 11.7. The van der Waals surface area contributed by atoms with Gasteiger partial charge in [0.05, 0.1) is 0 Å². The van der Waals surface area contributed by atoms with E-state index in [0.29, 0.717) is 6.42 Å². The molecule has 0 fully saturated rings. The standard InChI is InChI=1S/C22H30O2Si/c1-7-14-20(23)17-12-9-13-18-21(19-15-10-8-11-16-19)24-25(5,6)22(2,3)4/h7-8,10-11,14-16,18H,9,13H2,1-6H3/b14-7+,17-12?,21-18-. The Kier molecular flexibility index (Phi) is 8.10. The molecule has 0 amide bonds. The molecule has 0 aliphatic carbocycles. The first kappa shape index (κ1) is 21.2. The van der Waals surface area contributed by atoms with Crippen molar-refractivity contribution >= 4 is 19.9 Å². The van der Waals surface area contributed by atoms with Gasteiger partial charge in [0.1, 0.15) is 5.76 Å². The summed E-state index contributed by atoms with van der Waals surface area (Å²) in [5.74, 6) is 0.779. The van der Waals surface area contributed by atoms with Gasteiger partial charge in [0.2, 0.25) is 8.32 Å². The van der Waals surface area contributed by atoms with Crippen LogP contribution >= 0.6 is 0 Å². The zero-order valence-electron chi connectivity index (χ0n) is 16.3. The van der Waals surface area contributed by atoms with Crippen molar-refractivity contribution in [1.29, 1.82) is 0 Å². The number of hydrogen-bond acceptors (Lipinski definition) is 2. The highest BCUT2D eigenvalue weighted by molar-refractivity contribution is 6.74. The average Bonchev–Trinajstić information content (AvgIpc) is 2.53. The number of rotatable bonds is 8. The lowest BCUT2D eigenvalue weighted by Gasteiger charge is -2.37. The fourth-order valence-electron chi connectivity index (χ4n) is 1.87. The van der Waals surface area contributed by atoms with Crippen LogP contribution in [0.2, 0.25) is 18.1 Å². The van der Waals surface area contributed by atoms with Crippen LogP contribution in [-0.2, 0) is 9.22 Å². The van der Waals surface area contributed by atoms with Gasteiger partial charge in [-0.25, -0.2) is 0 Å². The van der Waals surface area contributed by atoms with Gasteiger partial charge in [-0.1, -0.05) is 57.2 Å². The first-order chi connectivity index (χ1) is 11.7. The number of ketones is 1. The molecule has 0 spiro atoms. The summed E-state index contributed by atoms with van der Waals surface area (Å²) in [5.41, 5.74) is 1.09. The minimum atomic E-state index is -1.92. The molecule has 1 aromatic rings. The number of hydrogen-bond donors (Lipinski definition) is 0. The van der Waals surface area contributed by atoms with Crippen LogP contribution in [0.4, 0.5) is 0 Å². The lowest BCUT2D eigenvalue weighted by Crippen LogP contribution is -2.40. The summed E-state index contributed by atoms with van der Waals surface area (Å²) in [6.07, 6.45) is 12.3. The van der Waals surface area contributed by atoms with Gasteiger partial charge in [-0.15, -0.1) is 0 Å². The lowest BCUT2D eigenvalue weighted by atomic mass is 10.1. The molecule has 25 heavy (non-hydrogen) atoms. The van der Waals surface area contributed by atoms with Gasteiger partial charge < -0.3 is 4.43 Å². The van der Waals surface area contributed by atoms with Crippen LogP contribution in [0, 0.1) is 12.2 Å². The molecule has 0 unspecified atom stereocenters. The minimum absolute atomic E-state index is 0.138. The molecule has 134 valence electrons. The Hall–Kier alpha value is -1.87. The monoisotopic (exact) mass is 354 g/mol. The van der Waals surface area contributed by atoms with Crippen LogP contribution in [0.3, 0.4) is 0 Å². The van der Waals surface area contributed by atoms with Crippen molar-refractivity contribution in [2.75, 3.05) is 0 Å². The van der Waals surface area contributed by atoms with E-state index in [1.54, 1.807) is 6.08 Å². The van der Waals surface area contributed by atoms with E-state index in [2.05, 4.69) is 64.2 Å². The van der Waals surface area contributed by atoms with E-state index in [0.717, 1.165) is 17.7 Å². The maximum atomic E-state index is 11.4. The van der Waals surface area contributed by atoms with Gasteiger partial charge in [0.25, 0.3) is 0 Å². The van der Waals surface area contributed by atoms with E-state index in [4.69, 9.17) is 4.43 Å². The summed E-state index contributed by atoms with van der Waals surface area (Å²) in [5, 5.41) is 0.138. The van der Waals surface area contributed by atoms with Crippen LogP contribution < -0.4 is 0 Å². The third-order valence-electron chi connectivity index (χ3n) is 4.36. The Balaban J connectivity index is 2.88. The second kappa shape index (κ2) is 9.57. The molecule has 2 radical (unpaired) electrons. The summed E-state index contributed by atoms with van der Waals surface area (Å²) in [6.45, 7) is 13.0. The molecular weight excluding hydrogens is 324 g/mol. The summed E-state index contributed by atoms with van der Waals surface area (Å²) in [6, 6.07) is 10.2. The highest BCUT2D eigenvalue weighted by Crippen LogP contribution is 2.39. The fourth-order valence-corrected chi connectivity index (χ4v) is 2.92. The highest BCUT2D eigenvalue weighted by atomic mass is 28.4. The fraction of sp³-hybridized carbons (Fsp3) is 0.409. The third kappa shape index (κ3) is 7.26. The molecule has 0 N–H and O–H groups in total. The van der Waals surface area contributed by atoms with E-state index < -0.39 is 8.32 Å². The zero-order valence-corrected chi connectivity index (χ0v) is 17.3. The second-order valence-corrected chi connectivity index (χ2v) is 12.2. The van der Waals surface area contributed by atoms with Crippen molar-refractivity contribution in [2.24, 2.45) is 0 Å². The highest BCUT2D eigenvalue weighted by Gasteiger charge is 2.39. The van der Waals surface area contributed by atoms with E-state index >= 15 is 0 Å². The Labute approximate surface area is 154 Å². The van der Waals surface area contributed by atoms with Crippen molar-refractivity contribution in [1.82, 2.24) is 0 Å². The largest absolute Gasteiger partial charge is 0.543 e. The number of benzene rings is 1. The molecule has 3 heteroatoms. The molecular formula is C22H30O2Si. The molecule has 0 saturated heterocycles. The van der Waals surface area contributed by atoms with Gasteiger partial charge in [-0.05, 0) is 56.1 Å². The summed E-state index contributed by atoms with van der Waals surface area (Å²) in [7, 11) is -1.92. The van der Waals surface area contributed by atoms with Crippen molar-refractivity contribution in [3.8, 4) is 0 Å². The normalized spacial score (nSPS) is 13.6. The van der Waals surface area contributed by atoms with E-state index in [-0.39, 0.29) is 10.8 Å². The smallest absolute Gasteiger partial charge is 0.250 e. The Bertz CT molecular complexity index is 632. The molecule has 0 heterocycles. The summed E-state index contributed by atoms with van der Waals surface area (Å²) >= 11 is 0. The van der Waals surface area contributed by atoms with Crippen LogP contribution in [-0.4, -0.2) is 14.1 Å². The Morgan fingerprint density at radius 2 is 1.84 bits per heavy atom. The zero-order chi connectivity index (χ0) is 18.9. The number of allylic oxidation sites excluding steroid dienone is 5. The molecule has 0 aliphatic rings. The molecule has 1 aromatic carbocycles. The van der Waals surface area contributed by atoms with Crippen molar-refractivity contribution < 1.29 is 9.22 Å². The number of carbonyl (C=O) groups is 1. The Morgan fingerprint density at radius 3 is 2.40 bits per heavy atom. The van der Waals surface area contributed by atoms with Crippen molar-refractivity contribution in [3.63, 3.8) is 0 Å². The van der Waals surface area contributed by atoms with Crippen LogP contribution in [0.1, 0.15) is 46.1 Å². The molecule has 2 nitrogen and oxygen atoms in total. The minimum Gasteiger partial charge on any atom is -0.543 e. The lowest BCUT2D eigenvalue weighted by molar-refractivity contribution is -0.111. The topological polar surface area (TPSA) is 26.3 Å². The van der Waals surface area contributed by atoms with Crippen LogP contribution in [0.25, 0.3) is 5.76 Å². The maximum Gasteiger partial charge on any atom is 0.250 e. The van der Waals surface area contributed by atoms with Crippen LogP contribution in [0.5, 0.6) is 0 Å². The summed E-state index contributed by atoms with van der Waals surface area (Å²) < 4.78 is 6.53. The van der Waals surface area contributed by atoms with E-state index in [9.17, 15) is 4.79 Å². The molecule has 0 aromatic heterocycles. The van der Waals surface area contributed by atoms with Gasteiger partial charge >= 0.3 is 0 Å². The predicted octanol–water partition coefficient (Wildman–Crippen LogP) is 6.14.